The van der Waals surface area contributed by atoms with Gasteiger partial charge in [-0.2, -0.15) is 5.26 Å². The van der Waals surface area contributed by atoms with Crippen LogP contribution in [0.2, 0.25) is 0 Å². The molecule has 2 unspecified atom stereocenters. The molecular weight excluding hydrogens is 210 g/mol. The molecule has 98 valence electrons. The topological polar surface area (TPSA) is 53.0 Å². The zero-order chi connectivity index (χ0) is 12.9. The van der Waals surface area contributed by atoms with Gasteiger partial charge in [-0.3, -0.25) is 0 Å². The van der Waals surface area contributed by atoms with Gasteiger partial charge < -0.3 is 10.6 Å². The number of likely N-dealkylation sites (tertiary alicyclic amines) is 1. The fourth-order valence-corrected chi connectivity index (χ4v) is 2.52. The van der Waals surface area contributed by atoms with Gasteiger partial charge in [-0.1, -0.05) is 0 Å². The third-order valence-corrected chi connectivity index (χ3v) is 3.86. The highest BCUT2D eigenvalue weighted by molar-refractivity contribution is 4.91. The van der Waals surface area contributed by atoms with Crippen LogP contribution in [0.15, 0.2) is 0 Å². The largest absolute Gasteiger partial charge is 0.328 e. The molecule has 0 aromatic rings. The molecule has 3 nitrogen and oxygen atoms in total. The first kappa shape index (κ1) is 14.5. The van der Waals surface area contributed by atoms with Gasteiger partial charge in [0.15, 0.2) is 0 Å². The van der Waals surface area contributed by atoms with Crippen molar-refractivity contribution in [2.75, 3.05) is 19.6 Å². The highest BCUT2D eigenvalue weighted by Crippen LogP contribution is 2.23. The lowest BCUT2D eigenvalue weighted by molar-refractivity contribution is 0.155. The van der Waals surface area contributed by atoms with Gasteiger partial charge in [0, 0.05) is 12.6 Å². The summed E-state index contributed by atoms with van der Waals surface area (Å²) >= 11 is 0. The van der Waals surface area contributed by atoms with E-state index in [1.807, 2.05) is 13.8 Å². The smallest absolute Gasteiger partial charge is 0.0683 e. The molecule has 2 atom stereocenters. The quantitative estimate of drug-likeness (QED) is 0.798. The minimum absolute atomic E-state index is 0.170. The summed E-state index contributed by atoms with van der Waals surface area (Å²) in [6.45, 7) is 9.63. The summed E-state index contributed by atoms with van der Waals surface area (Å²) in [6.07, 6.45) is 4.65. The third kappa shape index (κ3) is 5.06. The lowest BCUT2D eigenvalue weighted by Gasteiger charge is -2.34. The first-order valence-electron chi connectivity index (χ1n) is 6.84. The molecule has 1 saturated heterocycles. The lowest BCUT2D eigenvalue weighted by Crippen LogP contribution is -2.42. The fourth-order valence-electron chi connectivity index (χ4n) is 2.52. The van der Waals surface area contributed by atoms with E-state index >= 15 is 0 Å². The van der Waals surface area contributed by atoms with Crippen LogP contribution in [0, 0.1) is 22.7 Å². The first-order chi connectivity index (χ1) is 7.94. The van der Waals surface area contributed by atoms with Crippen molar-refractivity contribution in [1.29, 1.82) is 5.26 Å². The van der Waals surface area contributed by atoms with E-state index < -0.39 is 0 Å². The molecule has 0 radical (unpaired) electrons. The zero-order valence-electron chi connectivity index (χ0n) is 11.6. The van der Waals surface area contributed by atoms with Gasteiger partial charge in [0.2, 0.25) is 0 Å². The van der Waals surface area contributed by atoms with Crippen molar-refractivity contribution >= 4 is 0 Å². The number of rotatable bonds is 5. The maximum atomic E-state index is 8.97. The van der Waals surface area contributed by atoms with Crippen LogP contribution in [-0.2, 0) is 0 Å². The Hall–Kier alpha value is -0.590. The second-order valence-electron chi connectivity index (χ2n) is 6.16. The maximum absolute atomic E-state index is 8.97. The molecule has 1 fully saturated rings. The van der Waals surface area contributed by atoms with E-state index in [-0.39, 0.29) is 5.41 Å². The molecule has 0 amide bonds. The van der Waals surface area contributed by atoms with E-state index in [1.54, 1.807) is 0 Å². The fraction of sp³-hybridized carbons (Fsp3) is 0.929. The molecule has 1 aliphatic rings. The Balaban J connectivity index is 2.26. The van der Waals surface area contributed by atoms with Gasteiger partial charge in [0.05, 0.1) is 11.5 Å². The van der Waals surface area contributed by atoms with Crippen molar-refractivity contribution in [3.63, 3.8) is 0 Å². The van der Waals surface area contributed by atoms with Crippen molar-refractivity contribution in [3.8, 4) is 6.07 Å². The van der Waals surface area contributed by atoms with Crippen molar-refractivity contribution < 1.29 is 0 Å². The van der Waals surface area contributed by atoms with E-state index in [1.165, 1.54) is 19.4 Å². The van der Waals surface area contributed by atoms with Gasteiger partial charge >= 0.3 is 0 Å². The summed E-state index contributed by atoms with van der Waals surface area (Å²) in [4.78, 5) is 2.52. The Bertz CT molecular complexity index is 265. The normalized spacial score (nSPS) is 24.3. The van der Waals surface area contributed by atoms with E-state index in [2.05, 4.69) is 17.9 Å². The molecule has 2 N–H and O–H groups in total. The lowest BCUT2D eigenvalue weighted by atomic mass is 9.89. The first-order valence-corrected chi connectivity index (χ1v) is 6.84. The van der Waals surface area contributed by atoms with Crippen molar-refractivity contribution in [2.24, 2.45) is 17.1 Å². The van der Waals surface area contributed by atoms with Crippen LogP contribution in [0.1, 0.15) is 46.5 Å². The molecule has 1 heterocycles. The van der Waals surface area contributed by atoms with Crippen LogP contribution < -0.4 is 5.73 Å². The second-order valence-corrected chi connectivity index (χ2v) is 6.16. The van der Waals surface area contributed by atoms with Crippen molar-refractivity contribution in [2.45, 2.75) is 52.5 Å². The van der Waals surface area contributed by atoms with Crippen LogP contribution in [-0.4, -0.2) is 30.6 Å². The van der Waals surface area contributed by atoms with Crippen LogP contribution >= 0.6 is 0 Å². The average molecular weight is 237 g/mol. The molecule has 0 aliphatic carbocycles. The molecular formula is C14H27N3. The summed E-state index contributed by atoms with van der Waals surface area (Å²) in [6, 6.07) is 2.68. The van der Waals surface area contributed by atoms with E-state index in [9.17, 15) is 0 Å². The molecule has 1 rings (SSSR count). The highest BCUT2D eigenvalue weighted by Gasteiger charge is 2.23. The standard InChI is InChI=1S/C14H27N3/c1-12(16)13-6-4-8-17(10-13)9-5-7-14(2,3)11-15/h12-13H,4-10,16H2,1-3H3. The predicted molar refractivity (Wildman–Crippen MR) is 71.4 cm³/mol. The number of piperidine rings is 1. The molecule has 0 aromatic carbocycles. The summed E-state index contributed by atoms with van der Waals surface area (Å²) in [5.74, 6) is 0.660. The van der Waals surface area contributed by atoms with E-state index in [0.29, 0.717) is 12.0 Å². The number of nitrogens with zero attached hydrogens (tertiary/aromatic N) is 2. The summed E-state index contributed by atoms with van der Waals surface area (Å²) in [5.41, 5.74) is 5.81. The monoisotopic (exact) mass is 237 g/mol. The van der Waals surface area contributed by atoms with Gasteiger partial charge in [-0.25, -0.2) is 0 Å². The molecule has 0 bridgehead atoms. The minimum atomic E-state index is -0.170. The number of hydrogen-bond donors (Lipinski definition) is 1. The molecule has 1 aliphatic heterocycles. The minimum Gasteiger partial charge on any atom is -0.328 e. The Morgan fingerprint density at radius 2 is 2.24 bits per heavy atom. The predicted octanol–water partition coefficient (Wildman–Crippen LogP) is 2.38. The van der Waals surface area contributed by atoms with Crippen molar-refractivity contribution in [3.05, 3.63) is 0 Å². The Morgan fingerprint density at radius 3 is 2.82 bits per heavy atom. The maximum Gasteiger partial charge on any atom is 0.0683 e. The van der Waals surface area contributed by atoms with E-state index in [0.717, 1.165) is 25.9 Å². The number of nitriles is 1. The number of hydrogen-bond acceptors (Lipinski definition) is 3. The van der Waals surface area contributed by atoms with Crippen LogP contribution in [0.5, 0.6) is 0 Å². The molecule has 17 heavy (non-hydrogen) atoms. The van der Waals surface area contributed by atoms with Gasteiger partial charge in [0.1, 0.15) is 0 Å². The second kappa shape index (κ2) is 6.37. The Labute approximate surface area is 106 Å². The summed E-state index contributed by atoms with van der Waals surface area (Å²) < 4.78 is 0. The Kier molecular flexibility index (Phi) is 5.42. The Morgan fingerprint density at radius 1 is 1.53 bits per heavy atom. The third-order valence-electron chi connectivity index (χ3n) is 3.86. The summed E-state index contributed by atoms with van der Waals surface area (Å²) in [5, 5.41) is 8.97. The van der Waals surface area contributed by atoms with Gasteiger partial charge in [0.25, 0.3) is 0 Å². The average Bonchev–Trinajstić information content (AvgIpc) is 2.29. The summed E-state index contributed by atoms with van der Waals surface area (Å²) in [7, 11) is 0. The van der Waals surface area contributed by atoms with Crippen molar-refractivity contribution in [1.82, 2.24) is 4.90 Å². The highest BCUT2D eigenvalue weighted by atomic mass is 15.1. The zero-order valence-corrected chi connectivity index (χ0v) is 11.6. The number of nitrogens with two attached hydrogens (primary N) is 1. The van der Waals surface area contributed by atoms with Crippen LogP contribution in [0.25, 0.3) is 0 Å². The van der Waals surface area contributed by atoms with Crippen LogP contribution in [0.4, 0.5) is 0 Å². The molecule has 3 heteroatoms. The molecule has 0 saturated carbocycles. The van der Waals surface area contributed by atoms with Crippen LogP contribution in [0.3, 0.4) is 0 Å². The van der Waals surface area contributed by atoms with E-state index in [4.69, 9.17) is 11.0 Å². The van der Waals surface area contributed by atoms with Gasteiger partial charge in [-0.05, 0) is 65.5 Å². The van der Waals surface area contributed by atoms with Gasteiger partial charge in [-0.15, -0.1) is 0 Å². The molecule has 0 aromatic heterocycles. The molecule has 0 spiro atoms. The SMILES string of the molecule is CC(N)C1CCCN(CCCC(C)(C)C#N)C1.